The van der Waals surface area contributed by atoms with Gasteiger partial charge in [-0.1, -0.05) is 38.5 Å². The monoisotopic (exact) mass is 418 g/mol. The van der Waals surface area contributed by atoms with Gasteiger partial charge in [-0.25, -0.2) is 14.1 Å². The van der Waals surface area contributed by atoms with Crippen LogP contribution in [0.25, 0.3) is 32.6 Å². The summed E-state index contributed by atoms with van der Waals surface area (Å²) in [4.78, 5) is 5.18. The zero-order valence-electron chi connectivity index (χ0n) is 18.6. The number of nitrogens with zero attached hydrogens (tertiary/aromatic N) is 3. The Morgan fingerprint density at radius 1 is 1.10 bits per heavy atom. The molecule has 0 radical (unpaired) electrons. The highest BCUT2D eigenvalue weighted by atomic mass is 32.1. The second-order valence-corrected chi connectivity index (χ2v) is 10.5. The van der Waals surface area contributed by atoms with Gasteiger partial charge in [0.1, 0.15) is 6.04 Å². The molecule has 2 aromatic heterocycles. The lowest BCUT2D eigenvalue weighted by molar-refractivity contribution is -0.634. The summed E-state index contributed by atoms with van der Waals surface area (Å²) < 4.78 is 6.37. The number of rotatable bonds is 4. The quantitative estimate of drug-likeness (QED) is 0.336. The Morgan fingerprint density at radius 2 is 1.87 bits per heavy atom. The third-order valence-electron chi connectivity index (χ3n) is 6.61. The third kappa shape index (κ3) is 3.26. The average molecular weight is 419 g/mol. The van der Waals surface area contributed by atoms with Crippen LogP contribution in [0.15, 0.2) is 36.4 Å². The molecule has 4 heteroatoms. The molecular weight excluding hydrogens is 386 g/mol. The summed E-state index contributed by atoms with van der Waals surface area (Å²) in [7, 11) is 2.23. The van der Waals surface area contributed by atoms with E-state index in [1.807, 2.05) is 11.3 Å². The third-order valence-corrected chi connectivity index (χ3v) is 7.65. The van der Waals surface area contributed by atoms with Gasteiger partial charge in [-0.3, -0.25) is 0 Å². The average Bonchev–Trinajstić information content (AvgIpc) is 3.27. The van der Waals surface area contributed by atoms with Crippen LogP contribution in [-0.2, 0) is 13.5 Å². The van der Waals surface area contributed by atoms with Gasteiger partial charge < -0.3 is 0 Å². The largest absolute Gasteiger partial charge is 0.292 e. The molecular formula is C26H32N3S+. The molecule has 0 bridgehead atoms. The molecule has 30 heavy (non-hydrogen) atoms. The van der Waals surface area contributed by atoms with Crippen LogP contribution in [0.5, 0.6) is 0 Å². The molecule has 0 saturated heterocycles. The number of thiazole rings is 1. The molecule has 3 nitrogen and oxygen atoms in total. The Balaban J connectivity index is 1.81. The Morgan fingerprint density at radius 3 is 2.63 bits per heavy atom. The maximum absolute atomic E-state index is 5.18. The van der Waals surface area contributed by atoms with Gasteiger partial charge in [0, 0.05) is 6.42 Å². The Bertz CT molecular complexity index is 1210. The normalized spacial score (nSPS) is 15.6. The molecule has 0 aliphatic heterocycles. The van der Waals surface area contributed by atoms with Crippen molar-refractivity contribution in [2.75, 3.05) is 0 Å². The minimum Gasteiger partial charge on any atom is -0.240 e. The van der Waals surface area contributed by atoms with Crippen molar-refractivity contribution in [2.45, 2.75) is 65.3 Å². The predicted molar refractivity (Wildman–Crippen MR) is 127 cm³/mol. The molecule has 1 saturated carbocycles. The zero-order chi connectivity index (χ0) is 20.8. The van der Waals surface area contributed by atoms with E-state index in [4.69, 9.17) is 4.98 Å². The first kappa shape index (κ1) is 19.7. The zero-order valence-corrected chi connectivity index (χ0v) is 19.4. The Kier molecular flexibility index (Phi) is 5.14. The molecule has 0 spiro atoms. The van der Waals surface area contributed by atoms with Crippen molar-refractivity contribution < 1.29 is 4.57 Å². The predicted octanol–water partition coefficient (Wildman–Crippen LogP) is 6.75. The summed E-state index contributed by atoms with van der Waals surface area (Å²) >= 11 is 1.87. The Labute approximate surface area is 183 Å². The van der Waals surface area contributed by atoms with E-state index >= 15 is 0 Å². The van der Waals surface area contributed by atoms with E-state index in [0.717, 1.165) is 6.42 Å². The summed E-state index contributed by atoms with van der Waals surface area (Å²) in [6.07, 6.45) is 7.64. The Hall–Kier alpha value is -2.20. The smallest absolute Gasteiger partial charge is 0.240 e. The molecule has 2 aromatic carbocycles. The first-order valence-corrected chi connectivity index (χ1v) is 12.2. The van der Waals surface area contributed by atoms with Crippen molar-refractivity contribution in [2.24, 2.45) is 13.0 Å². The number of hydrogen-bond donors (Lipinski definition) is 0. The molecule has 1 fully saturated rings. The van der Waals surface area contributed by atoms with Gasteiger partial charge in [0.05, 0.1) is 27.8 Å². The number of fused-ring (bicyclic) bond motifs is 2. The second-order valence-electron chi connectivity index (χ2n) is 9.34. The van der Waals surface area contributed by atoms with Crippen LogP contribution in [0.4, 0.5) is 0 Å². The standard InChI is InChI=1S/C26H32N3S/c1-17(2)16-23-27-25-22(30-23)15-14-18(3)24(25)26-28(4)20-12-8-9-13-21(20)29(26)19-10-6-5-7-11-19/h8-9,12-15,17,19H,5-7,10-11,16H2,1-4H3/q+1. The van der Waals surface area contributed by atoms with E-state index in [2.05, 4.69) is 73.4 Å². The summed E-state index contributed by atoms with van der Waals surface area (Å²) in [6.45, 7) is 6.80. The highest BCUT2D eigenvalue weighted by Gasteiger charge is 2.33. The van der Waals surface area contributed by atoms with Gasteiger partial charge in [-0.2, -0.15) is 0 Å². The van der Waals surface area contributed by atoms with Crippen LogP contribution in [0.3, 0.4) is 0 Å². The molecule has 4 aromatic rings. The number of hydrogen-bond acceptors (Lipinski definition) is 2. The molecule has 0 atom stereocenters. The molecule has 0 amide bonds. The van der Waals surface area contributed by atoms with Crippen LogP contribution in [0.2, 0.25) is 0 Å². The maximum atomic E-state index is 5.18. The minimum atomic E-state index is 0.572. The van der Waals surface area contributed by atoms with Crippen molar-refractivity contribution in [1.29, 1.82) is 0 Å². The van der Waals surface area contributed by atoms with Gasteiger partial charge in [0.15, 0.2) is 11.0 Å². The van der Waals surface area contributed by atoms with Crippen molar-refractivity contribution in [1.82, 2.24) is 9.55 Å². The summed E-state index contributed by atoms with van der Waals surface area (Å²) in [5.41, 5.74) is 6.50. The summed E-state index contributed by atoms with van der Waals surface area (Å²) in [5, 5.41) is 1.26. The number of imidazole rings is 1. The van der Waals surface area contributed by atoms with Crippen molar-refractivity contribution in [3.05, 3.63) is 47.0 Å². The molecule has 1 aliphatic rings. The molecule has 156 valence electrons. The van der Waals surface area contributed by atoms with Crippen LogP contribution in [0, 0.1) is 12.8 Å². The molecule has 1 aliphatic carbocycles. The van der Waals surface area contributed by atoms with Gasteiger partial charge in [-0.05, 0) is 62.3 Å². The van der Waals surface area contributed by atoms with E-state index in [1.54, 1.807) is 0 Å². The number of aryl methyl sites for hydroxylation is 2. The highest BCUT2D eigenvalue weighted by Crippen LogP contribution is 2.39. The lowest BCUT2D eigenvalue weighted by Gasteiger charge is -2.21. The number of para-hydroxylation sites is 2. The maximum Gasteiger partial charge on any atom is 0.292 e. The fraction of sp³-hybridized carbons (Fsp3) is 0.462. The van der Waals surface area contributed by atoms with E-state index in [0.29, 0.717) is 12.0 Å². The first-order valence-electron chi connectivity index (χ1n) is 11.4. The van der Waals surface area contributed by atoms with E-state index in [1.165, 1.54) is 75.3 Å². The van der Waals surface area contributed by atoms with E-state index < -0.39 is 0 Å². The van der Waals surface area contributed by atoms with Gasteiger partial charge in [-0.15, -0.1) is 11.3 Å². The molecule has 0 unspecified atom stereocenters. The fourth-order valence-electron chi connectivity index (χ4n) is 5.20. The first-order chi connectivity index (χ1) is 14.5. The lowest BCUT2D eigenvalue weighted by atomic mass is 9.94. The second kappa shape index (κ2) is 7.81. The molecule has 2 heterocycles. The highest BCUT2D eigenvalue weighted by molar-refractivity contribution is 7.18. The number of benzene rings is 2. The molecule has 0 N–H and O–H groups in total. The van der Waals surface area contributed by atoms with Gasteiger partial charge in [0.25, 0.3) is 5.82 Å². The van der Waals surface area contributed by atoms with Crippen molar-refractivity contribution in [3.63, 3.8) is 0 Å². The number of aromatic nitrogens is 3. The topological polar surface area (TPSA) is 21.7 Å². The fourth-order valence-corrected chi connectivity index (χ4v) is 6.39. The van der Waals surface area contributed by atoms with Crippen LogP contribution < -0.4 is 4.57 Å². The van der Waals surface area contributed by atoms with Crippen molar-refractivity contribution >= 4 is 32.6 Å². The lowest BCUT2D eigenvalue weighted by Crippen LogP contribution is -2.31. The van der Waals surface area contributed by atoms with E-state index in [-0.39, 0.29) is 0 Å². The van der Waals surface area contributed by atoms with Crippen molar-refractivity contribution in [3.8, 4) is 11.4 Å². The van der Waals surface area contributed by atoms with Crippen LogP contribution in [0.1, 0.15) is 62.6 Å². The SMILES string of the molecule is Cc1ccc2sc(CC(C)C)nc2c1-c1n(C2CCCCC2)c2ccccc2[n+]1C. The molecule has 5 rings (SSSR count). The summed E-state index contributed by atoms with van der Waals surface area (Å²) in [5.74, 6) is 1.95. The minimum absolute atomic E-state index is 0.572. The van der Waals surface area contributed by atoms with Crippen LogP contribution >= 0.6 is 11.3 Å². The summed E-state index contributed by atoms with van der Waals surface area (Å²) in [6, 6.07) is 14.0. The van der Waals surface area contributed by atoms with Gasteiger partial charge >= 0.3 is 0 Å². The van der Waals surface area contributed by atoms with Gasteiger partial charge in [0.2, 0.25) is 0 Å². The van der Waals surface area contributed by atoms with E-state index in [9.17, 15) is 0 Å². The van der Waals surface area contributed by atoms with Crippen LogP contribution in [-0.4, -0.2) is 9.55 Å².